The molecule has 0 spiro atoms. The Balaban J connectivity index is 2.33. The lowest BCUT2D eigenvalue weighted by molar-refractivity contribution is 0.490. The van der Waals surface area contributed by atoms with Gasteiger partial charge in [0.05, 0.1) is 0 Å². The van der Waals surface area contributed by atoms with Crippen molar-refractivity contribution in [3.8, 4) is 18.2 Å². The van der Waals surface area contributed by atoms with Crippen molar-refractivity contribution in [3.05, 3.63) is 0 Å². The smallest absolute Gasteiger partial charge is 0.192 e. The minimum absolute atomic E-state index is 0.809. The van der Waals surface area contributed by atoms with Gasteiger partial charge in [-0.1, -0.05) is 50.9 Å². The predicted octanol–water partition coefficient (Wildman–Crippen LogP) is 3.64. The van der Waals surface area contributed by atoms with Crippen molar-refractivity contribution in [2.75, 3.05) is 6.54 Å². The third-order valence-electron chi connectivity index (χ3n) is 3.02. The van der Waals surface area contributed by atoms with E-state index in [0.29, 0.717) is 0 Å². The number of nitrogens with zero attached hydrogens (tertiary/aromatic N) is 2. The fourth-order valence-corrected chi connectivity index (χ4v) is 2.00. The van der Waals surface area contributed by atoms with Gasteiger partial charge in [0.2, 0.25) is 0 Å². The minimum atomic E-state index is 0.809. The molecular formula is C14H22N2. The summed E-state index contributed by atoms with van der Waals surface area (Å²) in [6.45, 7) is 0.809. The molecular weight excluding hydrogens is 196 g/mol. The first-order valence-corrected chi connectivity index (χ1v) is 6.59. The standard InChI is InChI=1S/C14H22N2/c15-14-16-12-10-8-6-4-2-1-3-5-7-9-11-13-16/h1-10,12H2. The molecule has 0 amide bonds. The second-order valence-corrected chi connectivity index (χ2v) is 4.47. The monoisotopic (exact) mass is 218 g/mol. The Hall–Kier alpha value is -1.15. The molecule has 0 unspecified atom stereocenters. The summed E-state index contributed by atoms with van der Waals surface area (Å²) in [4.78, 5) is 1.59. The van der Waals surface area contributed by atoms with Crippen LogP contribution in [0.15, 0.2) is 0 Å². The van der Waals surface area contributed by atoms with Gasteiger partial charge >= 0.3 is 0 Å². The van der Waals surface area contributed by atoms with E-state index in [-0.39, 0.29) is 0 Å². The molecule has 0 radical (unpaired) electrons. The first-order chi connectivity index (χ1) is 7.93. The zero-order valence-corrected chi connectivity index (χ0v) is 10.2. The van der Waals surface area contributed by atoms with Crippen LogP contribution in [0.5, 0.6) is 0 Å². The second-order valence-electron chi connectivity index (χ2n) is 4.47. The SMILES string of the molecule is N#CN1C#CCCCCCCCCCCC1. The largest absolute Gasteiger partial charge is 0.238 e. The van der Waals surface area contributed by atoms with E-state index in [0.717, 1.165) is 19.4 Å². The average Bonchev–Trinajstić information content (AvgIpc) is 2.32. The lowest BCUT2D eigenvalue weighted by Crippen LogP contribution is -2.12. The lowest BCUT2D eigenvalue weighted by atomic mass is 10.1. The van der Waals surface area contributed by atoms with E-state index in [1.54, 1.807) is 4.90 Å². The van der Waals surface area contributed by atoms with Crippen molar-refractivity contribution in [2.24, 2.45) is 0 Å². The maximum absolute atomic E-state index is 8.87. The topological polar surface area (TPSA) is 27.0 Å². The molecule has 0 aromatic heterocycles. The van der Waals surface area contributed by atoms with Crippen molar-refractivity contribution in [1.29, 1.82) is 5.26 Å². The van der Waals surface area contributed by atoms with Gasteiger partial charge in [-0.05, 0) is 12.8 Å². The Labute approximate surface area is 99.6 Å². The molecule has 1 heterocycles. The molecule has 2 nitrogen and oxygen atoms in total. The first-order valence-electron chi connectivity index (χ1n) is 6.59. The number of hydrogen-bond donors (Lipinski definition) is 0. The summed E-state index contributed by atoms with van der Waals surface area (Å²) in [6, 6.07) is 2.95. The van der Waals surface area contributed by atoms with Crippen LogP contribution in [0.2, 0.25) is 0 Å². The van der Waals surface area contributed by atoms with Crippen molar-refractivity contribution >= 4 is 0 Å². The van der Waals surface area contributed by atoms with Crippen LogP contribution in [0.4, 0.5) is 0 Å². The molecule has 0 bridgehead atoms. The van der Waals surface area contributed by atoms with Gasteiger partial charge in [0.25, 0.3) is 0 Å². The summed E-state index contributed by atoms with van der Waals surface area (Å²) >= 11 is 0. The molecule has 2 heteroatoms. The molecule has 1 rings (SSSR count). The number of rotatable bonds is 0. The molecule has 0 aromatic rings. The molecule has 0 atom stereocenters. The molecule has 0 saturated carbocycles. The summed E-state index contributed by atoms with van der Waals surface area (Å²) in [5, 5.41) is 8.87. The van der Waals surface area contributed by atoms with Gasteiger partial charge in [0, 0.05) is 19.0 Å². The molecule has 1 aliphatic heterocycles. The van der Waals surface area contributed by atoms with E-state index in [4.69, 9.17) is 5.26 Å². The fourth-order valence-electron chi connectivity index (χ4n) is 2.00. The number of hydrogen-bond acceptors (Lipinski definition) is 2. The van der Waals surface area contributed by atoms with E-state index in [1.165, 1.54) is 51.4 Å². The summed E-state index contributed by atoms with van der Waals surface area (Å²) < 4.78 is 0. The molecule has 16 heavy (non-hydrogen) atoms. The predicted molar refractivity (Wildman–Crippen MR) is 66.3 cm³/mol. The Morgan fingerprint density at radius 2 is 1.38 bits per heavy atom. The lowest BCUT2D eigenvalue weighted by Gasteiger charge is -2.07. The van der Waals surface area contributed by atoms with Gasteiger partial charge in [0.15, 0.2) is 6.19 Å². The second kappa shape index (κ2) is 9.10. The van der Waals surface area contributed by atoms with Gasteiger partial charge in [-0.25, -0.2) is 4.90 Å². The zero-order chi connectivity index (χ0) is 11.5. The molecule has 0 N–H and O–H groups in total. The van der Waals surface area contributed by atoms with Gasteiger partial charge in [-0.2, -0.15) is 5.26 Å². The highest BCUT2D eigenvalue weighted by molar-refractivity contribution is 5.02. The van der Waals surface area contributed by atoms with Gasteiger partial charge in [-0.3, -0.25) is 0 Å². The third kappa shape index (κ3) is 6.36. The normalized spacial score (nSPS) is 20.1. The highest BCUT2D eigenvalue weighted by Gasteiger charge is 1.98. The van der Waals surface area contributed by atoms with Crippen LogP contribution < -0.4 is 0 Å². The van der Waals surface area contributed by atoms with Crippen LogP contribution in [0.25, 0.3) is 0 Å². The summed E-state index contributed by atoms with van der Waals surface area (Å²) in [6.07, 6.45) is 14.7. The van der Waals surface area contributed by atoms with E-state index >= 15 is 0 Å². The Kier molecular flexibility index (Phi) is 7.35. The summed E-state index contributed by atoms with van der Waals surface area (Å²) in [5.41, 5.74) is 0. The minimum Gasteiger partial charge on any atom is -0.238 e. The van der Waals surface area contributed by atoms with E-state index in [2.05, 4.69) is 18.2 Å². The van der Waals surface area contributed by atoms with Crippen LogP contribution >= 0.6 is 0 Å². The van der Waals surface area contributed by atoms with Crippen LogP contribution in [-0.4, -0.2) is 11.4 Å². The number of nitriles is 1. The highest BCUT2D eigenvalue weighted by Crippen LogP contribution is 2.11. The van der Waals surface area contributed by atoms with Crippen molar-refractivity contribution in [3.63, 3.8) is 0 Å². The van der Waals surface area contributed by atoms with Gasteiger partial charge in [-0.15, -0.1) is 0 Å². The molecule has 1 aliphatic rings. The Bertz CT molecular complexity index is 267. The van der Waals surface area contributed by atoms with E-state index in [1.807, 2.05) is 0 Å². The third-order valence-corrected chi connectivity index (χ3v) is 3.02. The molecule has 0 aromatic carbocycles. The molecule has 0 fully saturated rings. The molecule has 88 valence electrons. The van der Waals surface area contributed by atoms with E-state index < -0.39 is 0 Å². The Morgan fingerprint density at radius 3 is 2.00 bits per heavy atom. The summed E-state index contributed by atoms with van der Waals surface area (Å²) in [7, 11) is 0. The van der Waals surface area contributed by atoms with Crippen molar-refractivity contribution in [2.45, 2.75) is 64.2 Å². The summed E-state index contributed by atoms with van der Waals surface area (Å²) in [5.74, 6) is 3.09. The molecule has 0 saturated heterocycles. The maximum Gasteiger partial charge on any atom is 0.192 e. The van der Waals surface area contributed by atoms with E-state index in [9.17, 15) is 0 Å². The highest BCUT2D eigenvalue weighted by atomic mass is 15.1. The van der Waals surface area contributed by atoms with Gasteiger partial charge in [0.1, 0.15) is 0 Å². The first kappa shape index (κ1) is 12.9. The van der Waals surface area contributed by atoms with Crippen LogP contribution in [0, 0.1) is 23.4 Å². The van der Waals surface area contributed by atoms with Crippen LogP contribution in [0.3, 0.4) is 0 Å². The van der Waals surface area contributed by atoms with Gasteiger partial charge < -0.3 is 0 Å². The molecule has 0 aliphatic carbocycles. The average molecular weight is 218 g/mol. The van der Waals surface area contributed by atoms with Crippen LogP contribution in [-0.2, 0) is 0 Å². The zero-order valence-electron chi connectivity index (χ0n) is 10.2. The van der Waals surface area contributed by atoms with Crippen molar-refractivity contribution in [1.82, 2.24) is 4.90 Å². The maximum atomic E-state index is 8.87. The van der Waals surface area contributed by atoms with Crippen molar-refractivity contribution < 1.29 is 0 Å². The Morgan fingerprint density at radius 1 is 0.812 bits per heavy atom. The van der Waals surface area contributed by atoms with Crippen LogP contribution in [0.1, 0.15) is 64.2 Å². The quantitative estimate of drug-likeness (QED) is 0.458. The fraction of sp³-hybridized carbons (Fsp3) is 0.786.